The number of aliphatic carboxylic acids is 1. The maximum atomic E-state index is 13.0. The maximum absolute atomic E-state index is 13.0. The molecule has 6 amide bonds. The smallest absolute Gasteiger partial charge is 0.475 e. The molecule has 0 spiro atoms. The van der Waals surface area contributed by atoms with Crippen LogP contribution >= 0.6 is 0 Å². The first kappa shape index (κ1) is 46.1. The number of carboxylic acid groups (broad SMARTS) is 1. The number of carbonyl (C=O) groups excluding carboxylic acids is 6. The molecule has 0 saturated carbocycles. The van der Waals surface area contributed by atoms with Crippen LogP contribution in [0.1, 0.15) is 94.8 Å². The lowest BCUT2D eigenvalue weighted by Gasteiger charge is -2.27. The lowest BCUT2D eigenvalue weighted by atomic mass is 9.78. The minimum absolute atomic E-state index is 0.121. The van der Waals surface area contributed by atoms with E-state index in [1.54, 1.807) is 12.1 Å². The number of anilines is 1. The van der Waals surface area contributed by atoms with Gasteiger partial charge in [-0.2, -0.15) is 0 Å². The number of hydrogen-bond acceptors (Lipinski definition) is 13. The normalized spacial score (nSPS) is 17.9. The summed E-state index contributed by atoms with van der Waals surface area (Å²) < 4.78 is 0. The van der Waals surface area contributed by atoms with Gasteiger partial charge in [-0.15, -0.1) is 0 Å². The van der Waals surface area contributed by atoms with Crippen LogP contribution in [0.3, 0.4) is 0 Å². The third-order valence-electron chi connectivity index (χ3n) is 9.59. The molecule has 2 heterocycles. The molecule has 314 valence electrons. The molecule has 57 heavy (non-hydrogen) atoms. The Morgan fingerprint density at radius 3 is 2.23 bits per heavy atom. The Labute approximate surface area is 332 Å². The number of likely N-dealkylation sites (tertiary alicyclic amines) is 1. The molecular weight excluding hydrogens is 743 g/mol. The van der Waals surface area contributed by atoms with Gasteiger partial charge in [0.05, 0.1) is 30.1 Å². The highest BCUT2D eigenvalue weighted by molar-refractivity contribution is 6.43. The second kappa shape index (κ2) is 23.7. The largest absolute Gasteiger partial charge is 0.480 e. The van der Waals surface area contributed by atoms with E-state index in [1.165, 1.54) is 37.2 Å². The Balaban J connectivity index is 1.25. The van der Waals surface area contributed by atoms with Crippen LogP contribution in [-0.4, -0.2) is 131 Å². The first-order chi connectivity index (χ1) is 27.2. The third-order valence-corrected chi connectivity index (χ3v) is 9.59. The van der Waals surface area contributed by atoms with E-state index in [2.05, 4.69) is 42.4 Å². The predicted octanol–water partition coefficient (Wildman–Crippen LogP) is -1.72. The highest BCUT2D eigenvalue weighted by Gasteiger charge is 2.38. The van der Waals surface area contributed by atoms with Crippen molar-refractivity contribution in [1.29, 1.82) is 0 Å². The number of hydrazine groups is 1. The van der Waals surface area contributed by atoms with Crippen molar-refractivity contribution in [2.24, 2.45) is 10.7 Å². The fraction of sp³-hybridized carbons (Fsp3) is 0.611. The zero-order valence-corrected chi connectivity index (χ0v) is 32.5. The van der Waals surface area contributed by atoms with Crippen LogP contribution in [0.15, 0.2) is 29.3 Å². The van der Waals surface area contributed by atoms with Crippen LogP contribution in [0.4, 0.5) is 5.69 Å². The van der Waals surface area contributed by atoms with Gasteiger partial charge in [0.2, 0.25) is 29.5 Å². The van der Waals surface area contributed by atoms with E-state index >= 15 is 0 Å². The van der Waals surface area contributed by atoms with Crippen LogP contribution in [0.25, 0.3) is 0 Å². The Bertz CT molecular complexity index is 1560. The van der Waals surface area contributed by atoms with Gasteiger partial charge in [0.1, 0.15) is 18.1 Å². The molecule has 0 aromatic heterocycles. The predicted molar refractivity (Wildman–Crippen MR) is 210 cm³/mol. The SMILES string of the molecule is C[C@H](N)C(=O)N[C@@H](CC1CNC=N1)C(=O)N[C@@H](CCCCNC(=O)CCCCCC(=O)NNc1ccc(C(=O)N[C@H](C)C(=O)N2CCC[C@H]2B(O)O)cc1)C(=O)O. The van der Waals surface area contributed by atoms with Crippen molar-refractivity contribution < 1.29 is 48.7 Å². The summed E-state index contributed by atoms with van der Waals surface area (Å²) in [5.74, 6) is -4.40. The number of nitrogens with two attached hydrogens (primary N) is 1. The summed E-state index contributed by atoms with van der Waals surface area (Å²) >= 11 is 0. The fourth-order valence-corrected chi connectivity index (χ4v) is 6.29. The zero-order chi connectivity index (χ0) is 41.9. The molecule has 0 radical (unpaired) electrons. The van der Waals surface area contributed by atoms with Crippen molar-refractivity contribution in [3.8, 4) is 0 Å². The van der Waals surface area contributed by atoms with Gasteiger partial charge in [0.25, 0.3) is 5.91 Å². The van der Waals surface area contributed by atoms with Gasteiger partial charge in [0, 0.05) is 44.5 Å². The van der Waals surface area contributed by atoms with Gasteiger partial charge in [-0.3, -0.25) is 44.6 Å². The third kappa shape index (κ3) is 16.0. The Morgan fingerprint density at radius 2 is 1.60 bits per heavy atom. The summed E-state index contributed by atoms with van der Waals surface area (Å²) in [4.78, 5) is 92.6. The van der Waals surface area contributed by atoms with E-state index in [0.29, 0.717) is 75.8 Å². The summed E-state index contributed by atoms with van der Waals surface area (Å²) in [7, 11) is -1.64. The number of unbranched alkanes of at least 4 members (excludes halogenated alkanes) is 3. The lowest BCUT2D eigenvalue weighted by molar-refractivity contribution is -0.142. The standard InChI is InChI=1S/C36H57BN10O10/c1-22(38)32(50)44-28(19-26-20-39-21-41-26)34(52)43-27(36(54)55)9-6-7-17-40-30(48)11-4-3-5-12-31(49)46-45-25-15-13-24(14-16-25)33(51)42-23(2)35(53)47-18-8-10-29(47)37(56)57/h13-16,21-23,26-29,45,56-57H,3-12,17-20,38H2,1-2H3,(H,39,41)(H,40,48)(H,42,51)(H,43,52)(H,44,50)(H,46,49)(H,54,55)/t22-,23+,26?,27-,28-,29-/m0/s1. The molecule has 2 aliphatic rings. The first-order valence-electron chi connectivity index (χ1n) is 19.4. The van der Waals surface area contributed by atoms with Crippen molar-refractivity contribution in [3.05, 3.63) is 29.8 Å². The molecule has 1 aromatic carbocycles. The Kier molecular flexibility index (Phi) is 19.2. The molecule has 21 heteroatoms. The van der Waals surface area contributed by atoms with Gasteiger partial charge < -0.3 is 52.4 Å². The van der Waals surface area contributed by atoms with Crippen molar-refractivity contribution >= 4 is 60.6 Å². The first-order valence-corrected chi connectivity index (χ1v) is 19.4. The van der Waals surface area contributed by atoms with Crippen LogP contribution < -0.4 is 43.2 Å². The van der Waals surface area contributed by atoms with Gasteiger partial charge >= 0.3 is 13.1 Å². The molecule has 3 rings (SSSR count). The fourth-order valence-electron chi connectivity index (χ4n) is 6.29. The number of carboxylic acids is 1. The number of nitrogens with zero attached hydrogens (tertiary/aromatic N) is 2. The number of hydrogen-bond donors (Lipinski definition) is 11. The van der Waals surface area contributed by atoms with Crippen molar-refractivity contribution in [2.45, 2.75) is 121 Å². The molecule has 1 fully saturated rings. The van der Waals surface area contributed by atoms with Crippen molar-refractivity contribution in [1.82, 2.24) is 36.9 Å². The summed E-state index contributed by atoms with van der Waals surface area (Å²) in [5, 5.41) is 42.1. The van der Waals surface area contributed by atoms with E-state index in [9.17, 15) is 48.7 Å². The van der Waals surface area contributed by atoms with Crippen LogP contribution in [0.5, 0.6) is 0 Å². The van der Waals surface area contributed by atoms with E-state index in [-0.39, 0.29) is 43.5 Å². The molecular formula is C36H57BN10O10. The summed E-state index contributed by atoms with van der Waals surface area (Å²) in [5.41, 5.74) is 11.8. The quantitative estimate of drug-likeness (QED) is 0.0316. The molecule has 1 unspecified atom stereocenters. The van der Waals surface area contributed by atoms with Gasteiger partial charge in [0.15, 0.2) is 0 Å². The number of rotatable bonds is 24. The minimum atomic E-state index is -1.64. The molecule has 0 bridgehead atoms. The summed E-state index contributed by atoms with van der Waals surface area (Å²) in [6.45, 7) is 4.21. The molecule has 1 aromatic rings. The topological polar surface area (TPSA) is 306 Å². The molecule has 20 nitrogen and oxygen atoms in total. The average Bonchev–Trinajstić information content (AvgIpc) is 3.89. The molecule has 0 aliphatic carbocycles. The maximum Gasteiger partial charge on any atom is 0.475 e. The molecule has 12 N–H and O–H groups in total. The monoisotopic (exact) mass is 800 g/mol. The van der Waals surface area contributed by atoms with Crippen molar-refractivity contribution in [2.75, 3.05) is 25.1 Å². The molecule has 2 aliphatic heterocycles. The average molecular weight is 801 g/mol. The van der Waals surface area contributed by atoms with E-state index < -0.39 is 66.8 Å². The summed E-state index contributed by atoms with van der Waals surface area (Å²) in [6.07, 6.45) is 6.07. The van der Waals surface area contributed by atoms with Crippen molar-refractivity contribution in [3.63, 3.8) is 0 Å². The summed E-state index contributed by atoms with van der Waals surface area (Å²) in [6, 6.07) is 2.07. The van der Waals surface area contributed by atoms with Crippen LogP contribution in [-0.2, 0) is 28.8 Å². The number of nitrogens with one attached hydrogen (secondary N) is 7. The van der Waals surface area contributed by atoms with Crippen LogP contribution in [0.2, 0.25) is 0 Å². The van der Waals surface area contributed by atoms with Crippen LogP contribution in [0, 0.1) is 0 Å². The highest BCUT2D eigenvalue weighted by atomic mass is 16.4. The minimum Gasteiger partial charge on any atom is -0.480 e. The highest BCUT2D eigenvalue weighted by Crippen LogP contribution is 2.19. The molecule has 1 saturated heterocycles. The van der Waals surface area contributed by atoms with E-state index in [1.807, 2.05) is 0 Å². The van der Waals surface area contributed by atoms with Gasteiger partial charge in [-0.05, 0) is 83.1 Å². The number of carbonyl (C=O) groups is 7. The number of amides is 6. The second-order valence-electron chi connectivity index (χ2n) is 14.3. The Morgan fingerprint density at radius 1 is 0.912 bits per heavy atom. The van der Waals surface area contributed by atoms with Gasteiger partial charge in [-0.25, -0.2) is 4.79 Å². The van der Waals surface area contributed by atoms with Gasteiger partial charge in [-0.1, -0.05) is 6.42 Å². The van der Waals surface area contributed by atoms with E-state index in [0.717, 1.165) is 0 Å². The lowest BCUT2D eigenvalue weighted by Crippen LogP contribution is -2.55. The Hall–Kier alpha value is -5.28. The zero-order valence-electron chi connectivity index (χ0n) is 32.5. The number of aliphatic imine (C=N–C) groups is 1. The second-order valence-corrected chi connectivity index (χ2v) is 14.3. The van der Waals surface area contributed by atoms with E-state index in [4.69, 9.17) is 5.73 Å². The number of benzene rings is 1. The molecule has 6 atom stereocenters.